The molecule has 0 unspecified atom stereocenters. The van der Waals surface area contributed by atoms with Gasteiger partial charge in [0.1, 0.15) is 12.3 Å². The lowest BCUT2D eigenvalue weighted by Crippen LogP contribution is -2.28. The van der Waals surface area contributed by atoms with Crippen LogP contribution in [0.3, 0.4) is 0 Å². The number of carbonyl (C=O) groups excluding carboxylic acids is 2. The molecule has 2 aromatic carbocycles. The Labute approximate surface area is 164 Å². The van der Waals surface area contributed by atoms with Crippen molar-refractivity contribution in [2.45, 2.75) is 0 Å². The maximum absolute atomic E-state index is 12.5. The van der Waals surface area contributed by atoms with E-state index in [1.807, 2.05) is 0 Å². The molecular formula is C20H16BrNO5. The van der Waals surface area contributed by atoms with E-state index in [4.69, 9.17) is 14.2 Å². The first kappa shape index (κ1) is 18.7. The van der Waals surface area contributed by atoms with Gasteiger partial charge in [-0.15, -0.1) is 0 Å². The van der Waals surface area contributed by atoms with Gasteiger partial charge in [-0.2, -0.15) is 0 Å². The van der Waals surface area contributed by atoms with Crippen molar-refractivity contribution in [2.75, 3.05) is 13.4 Å². The maximum Gasteiger partial charge on any atom is 0.355 e. The van der Waals surface area contributed by atoms with E-state index in [-0.39, 0.29) is 19.1 Å². The van der Waals surface area contributed by atoms with Crippen molar-refractivity contribution >= 4 is 33.9 Å². The third-order valence-corrected chi connectivity index (χ3v) is 4.09. The first-order valence-corrected chi connectivity index (χ1v) is 8.82. The van der Waals surface area contributed by atoms with Crippen molar-refractivity contribution in [3.05, 3.63) is 76.4 Å². The van der Waals surface area contributed by atoms with Crippen LogP contribution < -0.4 is 14.8 Å². The summed E-state index contributed by atoms with van der Waals surface area (Å²) in [5.41, 5.74) is 1.05. The second-order valence-electron chi connectivity index (χ2n) is 5.52. The zero-order valence-corrected chi connectivity index (χ0v) is 15.8. The van der Waals surface area contributed by atoms with E-state index in [9.17, 15) is 9.59 Å². The Morgan fingerprint density at radius 1 is 1.19 bits per heavy atom. The number of hydrogen-bond donors (Lipinski definition) is 1. The maximum atomic E-state index is 12.5. The minimum absolute atomic E-state index is 0.000640. The van der Waals surface area contributed by atoms with Gasteiger partial charge < -0.3 is 19.5 Å². The highest BCUT2D eigenvalue weighted by atomic mass is 79.9. The molecule has 0 fully saturated rings. The number of halogens is 1. The summed E-state index contributed by atoms with van der Waals surface area (Å²) in [6.45, 7) is 3.69. The molecule has 0 saturated carbocycles. The van der Waals surface area contributed by atoms with Crippen molar-refractivity contribution in [3.8, 4) is 11.5 Å². The molecule has 138 valence electrons. The predicted molar refractivity (Wildman–Crippen MR) is 103 cm³/mol. The minimum atomic E-state index is -0.670. The molecule has 1 aliphatic rings. The number of carbonyl (C=O) groups is 2. The molecule has 0 aromatic heterocycles. The number of amides is 1. The minimum Gasteiger partial charge on any atom is -0.457 e. The quantitative estimate of drug-likeness (QED) is 0.430. The molecule has 6 nitrogen and oxygen atoms in total. The summed E-state index contributed by atoms with van der Waals surface area (Å²) in [7, 11) is 0. The normalized spacial score (nSPS) is 12.4. The largest absolute Gasteiger partial charge is 0.457 e. The van der Waals surface area contributed by atoms with Gasteiger partial charge in [0.15, 0.2) is 11.5 Å². The van der Waals surface area contributed by atoms with E-state index in [0.717, 1.165) is 4.47 Å². The second-order valence-corrected chi connectivity index (χ2v) is 6.44. The Morgan fingerprint density at radius 2 is 2.00 bits per heavy atom. The molecule has 0 saturated heterocycles. The molecule has 1 heterocycles. The molecule has 27 heavy (non-hydrogen) atoms. The highest BCUT2D eigenvalue weighted by molar-refractivity contribution is 9.10. The molecule has 1 N–H and O–H groups in total. The van der Waals surface area contributed by atoms with Crippen LogP contribution in [0, 0.1) is 0 Å². The van der Waals surface area contributed by atoms with E-state index in [0.29, 0.717) is 22.6 Å². The Kier molecular flexibility index (Phi) is 5.93. The van der Waals surface area contributed by atoms with Crippen LogP contribution in [-0.4, -0.2) is 25.3 Å². The molecule has 1 amide bonds. The summed E-state index contributed by atoms with van der Waals surface area (Å²) in [4.78, 5) is 24.9. The highest BCUT2D eigenvalue weighted by Crippen LogP contribution is 2.33. The number of ether oxygens (including phenoxy) is 3. The molecule has 1 aliphatic heterocycles. The third kappa shape index (κ3) is 4.77. The van der Waals surface area contributed by atoms with Crippen LogP contribution in [0.2, 0.25) is 0 Å². The first-order chi connectivity index (χ1) is 13.1. The standard InChI is InChI=1S/C20H16BrNO5/c1-2-8-25-20(24)16(22-19(23)14-4-3-5-15(21)11-14)9-13-6-7-17-18(10-13)27-12-26-17/h2-7,9-11H,1,8,12H2,(H,22,23)/b16-9-. The molecular weight excluding hydrogens is 414 g/mol. The average Bonchev–Trinajstić information content (AvgIpc) is 3.13. The van der Waals surface area contributed by atoms with Gasteiger partial charge in [-0.05, 0) is 42.0 Å². The van der Waals surface area contributed by atoms with Crippen LogP contribution in [0.15, 0.2) is 65.3 Å². The zero-order chi connectivity index (χ0) is 19.2. The predicted octanol–water partition coefficient (Wildman–Crippen LogP) is 3.68. The van der Waals surface area contributed by atoms with Crippen molar-refractivity contribution in [1.82, 2.24) is 5.32 Å². The number of rotatable bonds is 6. The molecule has 0 bridgehead atoms. The molecule has 2 aromatic rings. The zero-order valence-electron chi connectivity index (χ0n) is 14.2. The SMILES string of the molecule is C=CCOC(=O)/C(=C/c1ccc2c(c1)OCO2)NC(=O)c1cccc(Br)c1. The van der Waals surface area contributed by atoms with Gasteiger partial charge in [-0.1, -0.05) is 40.7 Å². The third-order valence-electron chi connectivity index (χ3n) is 3.59. The van der Waals surface area contributed by atoms with Gasteiger partial charge in [0, 0.05) is 10.0 Å². The number of hydrogen-bond acceptors (Lipinski definition) is 5. The molecule has 0 atom stereocenters. The van der Waals surface area contributed by atoms with Gasteiger partial charge in [0.05, 0.1) is 0 Å². The molecule has 0 spiro atoms. The van der Waals surface area contributed by atoms with Gasteiger partial charge in [-0.25, -0.2) is 4.79 Å². The number of benzene rings is 2. The monoisotopic (exact) mass is 429 g/mol. The van der Waals surface area contributed by atoms with Gasteiger partial charge in [0.2, 0.25) is 6.79 Å². The van der Waals surface area contributed by atoms with E-state index in [1.165, 1.54) is 12.2 Å². The number of nitrogens with one attached hydrogen (secondary N) is 1. The van der Waals surface area contributed by atoms with E-state index < -0.39 is 11.9 Å². The molecule has 3 rings (SSSR count). The van der Waals surface area contributed by atoms with E-state index in [1.54, 1.807) is 42.5 Å². The Hall–Kier alpha value is -3.06. The van der Waals surface area contributed by atoms with Crippen LogP contribution in [0.4, 0.5) is 0 Å². The first-order valence-electron chi connectivity index (χ1n) is 8.03. The van der Waals surface area contributed by atoms with E-state index >= 15 is 0 Å². The summed E-state index contributed by atoms with van der Waals surface area (Å²) < 4.78 is 16.4. The van der Waals surface area contributed by atoms with Crippen molar-refractivity contribution in [1.29, 1.82) is 0 Å². The summed E-state index contributed by atoms with van der Waals surface area (Å²) in [6.07, 6.45) is 2.97. The van der Waals surface area contributed by atoms with Crippen LogP contribution in [-0.2, 0) is 9.53 Å². The highest BCUT2D eigenvalue weighted by Gasteiger charge is 2.18. The van der Waals surface area contributed by atoms with Crippen molar-refractivity contribution in [2.24, 2.45) is 0 Å². The summed E-state index contributed by atoms with van der Waals surface area (Å²) in [6, 6.07) is 12.0. The van der Waals surface area contributed by atoms with Gasteiger partial charge in [-0.3, -0.25) is 4.79 Å². The summed E-state index contributed by atoms with van der Waals surface area (Å²) >= 11 is 3.32. The van der Waals surface area contributed by atoms with Crippen LogP contribution in [0.25, 0.3) is 6.08 Å². The van der Waals surface area contributed by atoms with Gasteiger partial charge in [0.25, 0.3) is 5.91 Å². The van der Waals surface area contributed by atoms with Crippen LogP contribution in [0.1, 0.15) is 15.9 Å². The number of esters is 1. The fourth-order valence-corrected chi connectivity index (χ4v) is 2.75. The molecule has 0 aliphatic carbocycles. The molecule has 0 radical (unpaired) electrons. The summed E-state index contributed by atoms with van der Waals surface area (Å²) in [5.74, 6) is 0.0942. The van der Waals surface area contributed by atoms with Crippen molar-refractivity contribution < 1.29 is 23.8 Å². The smallest absolute Gasteiger partial charge is 0.355 e. The fourth-order valence-electron chi connectivity index (χ4n) is 2.35. The van der Waals surface area contributed by atoms with E-state index in [2.05, 4.69) is 27.8 Å². The Balaban J connectivity index is 1.87. The second kappa shape index (κ2) is 8.55. The average molecular weight is 430 g/mol. The fraction of sp³-hybridized carbons (Fsp3) is 0.100. The number of fused-ring (bicyclic) bond motifs is 1. The lowest BCUT2D eigenvalue weighted by molar-refractivity contribution is -0.138. The van der Waals surface area contributed by atoms with Crippen LogP contribution >= 0.6 is 15.9 Å². The topological polar surface area (TPSA) is 73.9 Å². The van der Waals surface area contributed by atoms with Crippen LogP contribution in [0.5, 0.6) is 11.5 Å². The van der Waals surface area contributed by atoms with Gasteiger partial charge >= 0.3 is 5.97 Å². The Bertz CT molecular complexity index is 922. The van der Waals surface area contributed by atoms with Crippen molar-refractivity contribution in [3.63, 3.8) is 0 Å². The lowest BCUT2D eigenvalue weighted by Gasteiger charge is -2.10. The Morgan fingerprint density at radius 3 is 2.78 bits per heavy atom. The summed E-state index contributed by atoms with van der Waals surface area (Å²) in [5, 5.41) is 2.61. The molecule has 7 heteroatoms. The lowest BCUT2D eigenvalue weighted by atomic mass is 10.1.